The first kappa shape index (κ1) is 19.3. The van der Waals surface area contributed by atoms with Crippen molar-refractivity contribution in [3.05, 3.63) is 131 Å². The van der Waals surface area contributed by atoms with Crippen LogP contribution in [-0.2, 0) is 6.42 Å². The lowest BCUT2D eigenvalue weighted by atomic mass is 9.98. The average Bonchev–Trinajstić information content (AvgIpc) is 3.23. The number of H-pyrrole nitrogens is 1. The molecule has 2 aromatic heterocycles. The van der Waals surface area contributed by atoms with Crippen LogP contribution in [0.3, 0.4) is 0 Å². The first-order chi connectivity index (χ1) is 16.3. The first-order valence-corrected chi connectivity index (χ1v) is 11.0. The van der Waals surface area contributed by atoms with E-state index >= 15 is 0 Å². The monoisotopic (exact) mass is 427 g/mol. The zero-order valence-corrected chi connectivity index (χ0v) is 17.9. The number of rotatable bonds is 4. The Labute approximate surface area is 190 Å². The third-order valence-electron chi connectivity index (χ3n) is 6.02. The van der Waals surface area contributed by atoms with Crippen LogP contribution in [-0.4, -0.2) is 14.6 Å². The lowest BCUT2D eigenvalue weighted by Crippen LogP contribution is -2.14. The zero-order valence-electron chi connectivity index (χ0n) is 17.9. The van der Waals surface area contributed by atoms with Crippen LogP contribution in [0.4, 0.5) is 0 Å². The maximum atomic E-state index is 13.1. The summed E-state index contributed by atoms with van der Waals surface area (Å²) in [6.07, 6.45) is 0.638. The lowest BCUT2D eigenvalue weighted by molar-refractivity contribution is 0.866. The molecule has 158 valence electrons. The molecule has 4 heteroatoms. The molecule has 0 aliphatic heterocycles. The Kier molecular flexibility index (Phi) is 4.62. The van der Waals surface area contributed by atoms with Crippen molar-refractivity contribution in [3.63, 3.8) is 0 Å². The summed E-state index contributed by atoms with van der Waals surface area (Å²) in [4.78, 5) is 16.6. The molecule has 2 heterocycles. The van der Waals surface area contributed by atoms with Gasteiger partial charge >= 0.3 is 0 Å². The van der Waals surface area contributed by atoms with E-state index in [0.717, 1.165) is 39.0 Å². The third-order valence-corrected chi connectivity index (χ3v) is 6.02. The second-order valence-corrected chi connectivity index (χ2v) is 8.19. The van der Waals surface area contributed by atoms with Crippen LogP contribution in [0.25, 0.3) is 38.8 Å². The van der Waals surface area contributed by atoms with E-state index in [1.165, 1.54) is 9.90 Å². The summed E-state index contributed by atoms with van der Waals surface area (Å²) in [5.74, 6) is 0. The van der Waals surface area contributed by atoms with E-state index in [9.17, 15) is 4.79 Å². The van der Waals surface area contributed by atoms with Crippen LogP contribution < -0.4 is 5.56 Å². The number of aromatic nitrogens is 3. The highest BCUT2D eigenvalue weighted by atomic mass is 16.1. The molecule has 0 unspecified atom stereocenters. The van der Waals surface area contributed by atoms with E-state index in [0.29, 0.717) is 12.1 Å². The third kappa shape index (κ3) is 3.52. The van der Waals surface area contributed by atoms with Gasteiger partial charge in [0.25, 0.3) is 5.56 Å². The summed E-state index contributed by atoms with van der Waals surface area (Å²) >= 11 is 0. The predicted octanol–water partition coefficient (Wildman–Crippen LogP) is 6.10. The lowest BCUT2D eigenvalue weighted by Gasteiger charge is -2.07. The Bertz CT molecular complexity index is 1650. The van der Waals surface area contributed by atoms with Crippen LogP contribution in [0, 0.1) is 0 Å². The molecule has 4 nitrogen and oxygen atoms in total. The van der Waals surface area contributed by atoms with Crippen LogP contribution in [0.15, 0.2) is 114 Å². The first-order valence-electron chi connectivity index (χ1n) is 11.0. The van der Waals surface area contributed by atoms with E-state index in [1.807, 2.05) is 60.7 Å². The molecule has 0 amide bonds. The molecule has 6 aromatic rings. The van der Waals surface area contributed by atoms with E-state index in [4.69, 9.17) is 5.10 Å². The van der Waals surface area contributed by atoms with Gasteiger partial charge in [0.1, 0.15) is 5.65 Å². The second kappa shape index (κ2) is 7.92. The maximum Gasteiger partial charge on any atom is 0.274 e. The number of aromatic amines is 1. The average molecular weight is 428 g/mol. The van der Waals surface area contributed by atoms with Gasteiger partial charge in [-0.05, 0) is 33.5 Å². The number of fused-ring (bicyclic) bond motifs is 2. The molecule has 6 rings (SSSR count). The van der Waals surface area contributed by atoms with Crippen LogP contribution in [0.2, 0.25) is 0 Å². The molecule has 0 aliphatic rings. The van der Waals surface area contributed by atoms with Gasteiger partial charge in [-0.3, -0.25) is 4.79 Å². The van der Waals surface area contributed by atoms with Gasteiger partial charge in [0.15, 0.2) is 0 Å². The smallest absolute Gasteiger partial charge is 0.274 e. The van der Waals surface area contributed by atoms with Gasteiger partial charge in [0, 0.05) is 18.1 Å². The van der Waals surface area contributed by atoms with Gasteiger partial charge in [-0.2, -0.15) is 9.61 Å². The largest absolute Gasteiger partial charge is 0.339 e. The van der Waals surface area contributed by atoms with Crippen molar-refractivity contribution in [1.29, 1.82) is 0 Å². The molecule has 0 fully saturated rings. The molecule has 0 bridgehead atoms. The van der Waals surface area contributed by atoms with Crippen molar-refractivity contribution >= 4 is 16.4 Å². The zero-order chi connectivity index (χ0) is 22.2. The molecule has 0 saturated heterocycles. The van der Waals surface area contributed by atoms with Crippen molar-refractivity contribution in [2.45, 2.75) is 6.42 Å². The number of nitrogens with one attached hydrogen (secondary N) is 1. The molecular weight excluding hydrogens is 406 g/mol. The summed E-state index contributed by atoms with van der Waals surface area (Å²) in [5, 5.41) is 7.11. The van der Waals surface area contributed by atoms with Crippen LogP contribution in [0.5, 0.6) is 0 Å². The summed E-state index contributed by atoms with van der Waals surface area (Å²) in [5.41, 5.74) is 6.32. The second-order valence-electron chi connectivity index (χ2n) is 8.19. The van der Waals surface area contributed by atoms with Gasteiger partial charge in [-0.15, -0.1) is 0 Å². The Morgan fingerprint density at radius 2 is 1.39 bits per heavy atom. The van der Waals surface area contributed by atoms with E-state index in [-0.39, 0.29) is 5.56 Å². The molecule has 0 spiro atoms. The fourth-order valence-corrected chi connectivity index (χ4v) is 4.42. The molecule has 33 heavy (non-hydrogen) atoms. The highest BCUT2D eigenvalue weighted by Gasteiger charge is 2.19. The van der Waals surface area contributed by atoms with E-state index < -0.39 is 0 Å². The van der Waals surface area contributed by atoms with Gasteiger partial charge in [-0.1, -0.05) is 97.1 Å². The van der Waals surface area contributed by atoms with Gasteiger partial charge in [-0.25, -0.2) is 0 Å². The minimum atomic E-state index is -0.149. The van der Waals surface area contributed by atoms with Gasteiger partial charge < -0.3 is 4.98 Å². The van der Waals surface area contributed by atoms with E-state index in [2.05, 4.69) is 47.4 Å². The number of hydrogen-bond acceptors (Lipinski definition) is 2. The number of nitrogens with zero attached hydrogens (tertiary/aromatic N) is 2. The highest BCUT2D eigenvalue weighted by molar-refractivity contribution is 5.91. The molecule has 0 radical (unpaired) electrons. The summed E-state index contributed by atoms with van der Waals surface area (Å²) in [7, 11) is 0. The van der Waals surface area contributed by atoms with Crippen molar-refractivity contribution in [1.82, 2.24) is 14.6 Å². The van der Waals surface area contributed by atoms with E-state index in [1.54, 1.807) is 6.07 Å². The maximum absolute atomic E-state index is 13.1. The van der Waals surface area contributed by atoms with Crippen molar-refractivity contribution in [2.75, 3.05) is 0 Å². The fourth-order valence-electron chi connectivity index (χ4n) is 4.42. The Morgan fingerprint density at radius 1 is 0.697 bits per heavy atom. The highest BCUT2D eigenvalue weighted by Crippen LogP contribution is 2.32. The molecule has 4 aromatic carbocycles. The Balaban J connectivity index is 1.62. The summed E-state index contributed by atoms with van der Waals surface area (Å²) in [6.45, 7) is 0. The topological polar surface area (TPSA) is 50.2 Å². The molecule has 0 saturated carbocycles. The SMILES string of the molecule is O=c1cc(-c2ccccc2)[nH]c2c(-c3ccc4ccccc4c3)c(Cc3ccccc3)nn12. The predicted molar refractivity (Wildman–Crippen MR) is 133 cm³/mol. The van der Waals surface area contributed by atoms with Crippen molar-refractivity contribution in [2.24, 2.45) is 0 Å². The minimum Gasteiger partial charge on any atom is -0.339 e. The van der Waals surface area contributed by atoms with Crippen molar-refractivity contribution < 1.29 is 0 Å². The Morgan fingerprint density at radius 3 is 2.18 bits per heavy atom. The minimum absolute atomic E-state index is 0.149. The number of hydrogen-bond donors (Lipinski definition) is 1. The molecule has 0 aliphatic carbocycles. The number of benzene rings is 4. The quantitative estimate of drug-likeness (QED) is 0.369. The summed E-state index contributed by atoms with van der Waals surface area (Å²) in [6, 6.07) is 36.5. The van der Waals surface area contributed by atoms with Gasteiger partial charge in [0.05, 0.1) is 11.4 Å². The van der Waals surface area contributed by atoms with Crippen LogP contribution >= 0.6 is 0 Å². The summed E-state index contributed by atoms with van der Waals surface area (Å²) < 4.78 is 1.50. The standard InChI is InChI=1S/C29H21N3O/c33-27-19-25(22-12-5-2-6-13-22)30-29-28(24-16-15-21-11-7-8-14-23(21)18-24)26(31-32(27)29)17-20-9-3-1-4-10-20/h1-16,18-19,30H,17H2. The van der Waals surface area contributed by atoms with Gasteiger partial charge in [0.2, 0.25) is 0 Å². The Hall–Kier alpha value is -4.44. The molecule has 0 atom stereocenters. The molecule has 1 N–H and O–H groups in total. The fraction of sp³-hybridized carbons (Fsp3) is 0.0345. The van der Waals surface area contributed by atoms with Crippen LogP contribution in [0.1, 0.15) is 11.3 Å². The normalized spacial score (nSPS) is 11.3. The van der Waals surface area contributed by atoms with Crippen molar-refractivity contribution in [3.8, 4) is 22.4 Å². The molecular formula is C29H21N3O.